The van der Waals surface area contributed by atoms with Gasteiger partial charge in [-0.2, -0.15) is 0 Å². The van der Waals surface area contributed by atoms with Crippen molar-refractivity contribution < 1.29 is 5.11 Å². The van der Waals surface area contributed by atoms with Crippen LogP contribution >= 0.6 is 0 Å². The second-order valence-electron chi connectivity index (χ2n) is 6.19. The van der Waals surface area contributed by atoms with Gasteiger partial charge in [-0.1, -0.05) is 19.8 Å². The van der Waals surface area contributed by atoms with Gasteiger partial charge in [-0.05, 0) is 56.3 Å². The molecule has 1 N–H and O–H groups in total. The Morgan fingerprint density at radius 1 is 1.30 bits per heavy atom. The Morgan fingerprint density at radius 3 is 2.75 bits per heavy atom. The first-order valence-electron chi connectivity index (χ1n) is 7.98. The highest BCUT2D eigenvalue weighted by molar-refractivity contribution is 5.10. The average Bonchev–Trinajstić information content (AvgIpc) is 2.48. The van der Waals surface area contributed by atoms with E-state index in [1.54, 1.807) is 0 Å². The minimum Gasteiger partial charge on any atom is -0.391 e. The Bertz CT molecular complexity index is 382. The van der Waals surface area contributed by atoms with Gasteiger partial charge in [0.15, 0.2) is 0 Å². The fraction of sp³-hybridized carbons (Fsp3) is 0.706. The second kappa shape index (κ2) is 7.75. The molecular formula is C17H28N2O. The molecule has 0 radical (unpaired) electrons. The first-order valence-corrected chi connectivity index (χ1v) is 7.98. The van der Waals surface area contributed by atoms with Crippen molar-refractivity contribution in [2.45, 2.75) is 57.6 Å². The van der Waals surface area contributed by atoms with Gasteiger partial charge in [0.1, 0.15) is 0 Å². The van der Waals surface area contributed by atoms with Crippen molar-refractivity contribution in [1.29, 1.82) is 0 Å². The summed E-state index contributed by atoms with van der Waals surface area (Å²) in [5, 5.41) is 10.3. The molecule has 3 nitrogen and oxygen atoms in total. The van der Waals surface area contributed by atoms with E-state index in [2.05, 4.69) is 36.0 Å². The molecule has 1 fully saturated rings. The lowest BCUT2D eigenvalue weighted by Crippen LogP contribution is -2.46. The molecule has 0 bridgehead atoms. The van der Waals surface area contributed by atoms with Crippen molar-refractivity contribution in [1.82, 2.24) is 9.88 Å². The van der Waals surface area contributed by atoms with Crippen molar-refractivity contribution >= 4 is 0 Å². The maximum Gasteiger partial charge on any atom is 0.0695 e. The number of likely N-dealkylation sites (N-methyl/N-ethyl adjacent to an activating group) is 1. The molecule has 3 heteroatoms. The Morgan fingerprint density at radius 2 is 2.05 bits per heavy atom. The summed E-state index contributed by atoms with van der Waals surface area (Å²) in [5.41, 5.74) is 1.32. The standard InChI is InChI=1S/C17H28N2O/c1-3-4-15-5-6-17(20)16(13-15)19(2)12-9-14-7-10-18-11-8-14/h7-8,10-11,15-17,20H,3-6,9,12-13H2,1-2H3. The summed E-state index contributed by atoms with van der Waals surface area (Å²) in [6.45, 7) is 3.26. The van der Waals surface area contributed by atoms with Crippen LogP contribution in [0.4, 0.5) is 0 Å². The lowest BCUT2D eigenvalue weighted by atomic mass is 9.81. The van der Waals surface area contributed by atoms with E-state index >= 15 is 0 Å². The van der Waals surface area contributed by atoms with Gasteiger partial charge in [0.25, 0.3) is 0 Å². The van der Waals surface area contributed by atoms with Crippen LogP contribution in [0.25, 0.3) is 0 Å². The SMILES string of the molecule is CCCC1CCC(O)C(N(C)CCc2ccncc2)C1. The van der Waals surface area contributed by atoms with Crippen LogP contribution < -0.4 is 0 Å². The Labute approximate surface area is 123 Å². The Balaban J connectivity index is 1.85. The third-order valence-corrected chi connectivity index (χ3v) is 4.66. The van der Waals surface area contributed by atoms with Crippen LogP contribution in [-0.4, -0.2) is 40.7 Å². The van der Waals surface area contributed by atoms with Crippen LogP contribution in [-0.2, 0) is 6.42 Å². The molecule has 112 valence electrons. The summed E-state index contributed by atoms with van der Waals surface area (Å²) >= 11 is 0. The predicted octanol–water partition coefficient (Wildman–Crippen LogP) is 2.89. The summed E-state index contributed by atoms with van der Waals surface area (Å²) in [4.78, 5) is 6.41. The van der Waals surface area contributed by atoms with E-state index in [0.717, 1.165) is 31.7 Å². The monoisotopic (exact) mass is 276 g/mol. The van der Waals surface area contributed by atoms with E-state index in [-0.39, 0.29) is 6.10 Å². The Kier molecular flexibility index (Phi) is 5.99. The average molecular weight is 276 g/mol. The van der Waals surface area contributed by atoms with Crippen LogP contribution in [0.15, 0.2) is 24.5 Å². The van der Waals surface area contributed by atoms with E-state index in [9.17, 15) is 5.11 Å². The maximum atomic E-state index is 10.3. The predicted molar refractivity (Wildman–Crippen MR) is 82.6 cm³/mol. The highest BCUT2D eigenvalue weighted by atomic mass is 16.3. The molecule has 1 aliphatic carbocycles. The molecule has 0 aromatic carbocycles. The normalized spacial score (nSPS) is 26.9. The zero-order chi connectivity index (χ0) is 14.4. The van der Waals surface area contributed by atoms with Gasteiger partial charge < -0.3 is 10.0 Å². The molecule has 2 rings (SSSR count). The number of pyridine rings is 1. The molecule has 20 heavy (non-hydrogen) atoms. The number of nitrogens with zero attached hydrogens (tertiary/aromatic N) is 2. The van der Waals surface area contributed by atoms with Crippen LogP contribution in [0.2, 0.25) is 0 Å². The number of rotatable bonds is 6. The van der Waals surface area contributed by atoms with E-state index in [4.69, 9.17) is 0 Å². The number of aliphatic hydroxyl groups excluding tert-OH is 1. The molecule has 1 aromatic rings. The molecule has 3 atom stereocenters. The van der Waals surface area contributed by atoms with Crippen LogP contribution in [0.5, 0.6) is 0 Å². The van der Waals surface area contributed by atoms with Gasteiger partial charge in [0.2, 0.25) is 0 Å². The van der Waals surface area contributed by atoms with Crippen molar-refractivity contribution in [2.75, 3.05) is 13.6 Å². The topological polar surface area (TPSA) is 36.4 Å². The van der Waals surface area contributed by atoms with E-state index in [1.807, 2.05) is 12.4 Å². The molecule has 1 aromatic heterocycles. The van der Waals surface area contributed by atoms with Gasteiger partial charge in [-0.3, -0.25) is 4.98 Å². The summed E-state index contributed by atoms with van der Waals surface area (Å²) in [5.74, 6) is 0.803. The van der Waals surface area contributed by atoms with Crippen molar-refractivity contribution in [3.05, 3.63) is 30.1 Å². The first kappa shape index (κ1) is 15.5. The van der Waals surface area contributed by atoms with Crippen molar-refractivity contribution in [3.63, 3.8) is 0 Å². The number of aliphatic hydroxyl groups is 1. The highest BCUT2D eigenvalue weighted by Gasteiger charge is 2.31. The third kappa shape index (κ3) is 4.29. The molecule has 3 unspecified atom stereocenters. The summed E-state index contributed by atoms with van der Waals surface area (Å²) in [6, 6.07) is 4.48. The zero-order valence-corrected chi connectivity index (χ0v) is 12.8. The first-order chi connectivity index (χ1) is 9.70. The molecule has 0 saturated heterocycles. The number of hydrogen-bond donors (Lipinski definition) is 1. The summed E-state index contributed by atoms with van der Waals surface area (Å²) < 4.78 is 0. The van der Waals surface area contributed by atoms with E-state index in [1.165, 1.54) is 24.8 Å². The van der Waals surface area contributed by atoms with Crippen LogP contribution in [0.3, 0.4) is 0 Å². The van der Waals surface area contributed by atoms with Gasteiger partial charge in [0, 0.05) is 25.0 Å². The number of hydrogen-bond acceptors (Lipinski definition) is 3. The van der Waals surface area contributed by atoms with Crippen molar-refractivity contribution in [3.8, 4) is 0 Å². The molecule has 0 spiro atoms. The zero-order valence-electron chi connectivity index (χ0n) is 12.8. The quantitative estimate of drug-likeness (QED) is 0.868. The minimum atomic E-state index is -0.148. The number of aromatic nitrogens is 1. The van der Waals surface area contributed by atoms with E-state index in [0.29, 0.717) is 6.04 Å². The minimum absolute atomic E-state index is 0.148. The smallest absolute Gasteiger partial charge is 0.0695 e. The van der Waals surface area contributed by atoms with Crippen LogP contribution in [0.1, 0.15) is 44.6 Å². The summed E-state index contributed by atoms with van der Waals surface area (Å²) in [7, 11) is 2.16. The van der Waals surface area contributed by atoms with Crippen LogP contribution in [0, 0.1) is 5.92 Å². The third-order valence-electron chi connectivity index (χ3n) is 4.66. The summed E-state index contributed by atoms with van der Waals surface area (Å²) in [6.07, 6.45) is 10.5. The van der Waals surface area contributed by atoms with Gasteiger partial charge in [0.05, 0.1) is 6.10 Å². The maximum absolute atomic E-state index is 10.3. The van der Waals surface area contributed by atoms with E-state index < -0.39 is 0 Å². The Hall–Kier alpha value is -0.930. The molecule has 1 saturated carbocycles. The lowest BCUT2D eigenvalue weighted by Gasteiger charge is -2.39. The highest BCUT2D eigenvalue weighted by Crippen LogP contribution is 2.30. The van der Waals surface area contributed by atoms with Gasteiger partial charge >= 0.3 is 0 Å². The van der Waals surface area contributed by atoms with Crippen molar-refractivity contribution in [2.24, 2.45) is 5.92 Å². The van der Waals surface area contributed by atoms with Gasteiger partial charge in [-0.15, -0.1) is 0 Å². The molecule has 1 aliphatic rings. The second-order valence-corrected chi connectivity index (χ2v) is 6.19. The molecular weight excluding hydrogens is 248 g/mol. The lowest BCUT2D eigenvalue weighted by molar-refractivity contribution is 0.0132. The van der Waals surface area contributed by atoms with Gasteiger partial charge in [-0.25, -0.2) is 0 Å². The fourth-order valence-electron chi connectivity index (χ4n) is 3.38. The molecule has 0 aliphatic heterocycles. The molecule has 1 heterocycles. The largest absolute Gasteiger partial charge is 0.391 e. The molecule has 0 amide bonds. The fourth-order valence-corrected chi connectivity index (χ4v) is 3.38.